The first-order valence-corrected chi connectivity index (χ1v) is 35.0. The summed E-state index contributed by atoms with van der Waals surface area (Å²) in [6.07, 6.45) is 9.36. The molecule has 4 saturated carbocycles. The van der Waals surface area contributed by atoms with Gasteiger partial charge >= 0.3 is 18.1 Å². The number of hydrogen-bond acceptors (Lipinski definition) is 17. The van der Waals surface area contributed by atoms with Gasteiger partial charge in [-0.3, -0.25) is 39.0 Å². The lowest BCUT2D eigenvalue weighted by molar-refractivity contribution is -0.137. The Morgan fingerprint density at radius 1 is 0.889 bits per heavy atom. The highest BCUT2D eigenvalue weighted by atomic mass is 32.1. The Labute approximate surface area is 580 Å². The summed E-state index contributed by atoms with van der Waals surface area (Å²) in [5.74, 6) is -3.43. The minimum Gasteiger partial charge on any atom is -0.476 e. The fourth-order valence-corrected chi connectivity index (χ4v) is 17.5. The number of urea groups is 1. The fourth-order valence-electron chi connectivity index (χ4n) is 16.6. The first-order chi connectivity index (χ1) is 47.1. The first-order valence-electron chi connectivity index (χ1n) is 34.2. The van der Waals surface area contributed by atoms with Crippen molar-refractivity contribution in [3.8, 4) is 0 Å². The molecule has 0 saturated heterocycles. The molecule has 4 fully saturated rings. The summed E-state index contributed by atoms with van der Waals surface area (Å²) in [7, 11) is 1.68. The molecule has 5 aromatic rings. The van der Waals surface area contributed by atoms with Crippen LogP contribution in [-0.4, -0.2) is 153 Å². The van der Waals surface area contributed by atoms with Crippen LogP contribution in [0.5, 0.6) is 0 Å². The molecular weight excluding hydrogens is 1280 g/mol. The number of nitrogens with one attached hydrogen (secondary N) is 6. The molecule has 526 valence electrons. The summed E-state index contributed by atoms with van der Waals surface area (Å²) >= 11 is 1.42. The van der Waals surface area contributed by atoms with E-state index >= 15 is 0 Å². The number of thiazole rings is 1. The molecule has 5 heterocycles. The van der Waals surface area contributed by atoms with Crippen molar-refractivity contribution in [2.24, 2.45) is 27.9 Å². The first kappa shape index (κ1) is 71.0. The number of primary amides is 1. The van der Waals surface area contributed by atoms with Crippen molar-refractivity contribution in [3.63, 3.8) is 0 Å². The predicted octanol–water partition coefficient (Wildman–Crippen LogP) is 9.05. The number of rotatable bonds is 29. The molecule has 12 rings (SSSR count). The second kappa shape index (κ2) is 28.9. The summed E-state index contributed by atoms with van der Waals surface area (Å²) in [5.41, 5.74) is 13.6. The van der Waals surface area contributed by atoms with Gasteiger partial charge in [-0.05, 0) is 166 Å². The number of pyridine rings is 1. The summed E-state index contributed by atoms with van der Waals surface area (Å²) in [6, 6.07) is 22.1. The maximum Gasteiger partial charge on any atom is 0.409 e. The molecule has 3 aliphatic heterocycles. The van der Waals surface area contributed by atoms with Gasteiger partial charge in [0.15, 0.2) is 10.8 Å². The number of ether oxygens (including phenoxy) is 2. The maximum atomic E-state index is 14.1. The number of likely N-dealkylation sites (N-methyl/N-ethyl adjacent to an activating group) is 1. The maximum absolute atomic E-state index is 14.1. The van der Waals surface area contributed by atoms with E-state index in [4.69, 9.17) is 20.2 Å². The number of nitrogens with two attached hydrogens (primary N) is 1. The molecule has 4 bridgehead atoms. The standard InChI is InChI=1S/C73H91N13O12S/c1-44(2)60(79-56(87)20-10-9-13-32-85-57(88)27-28-58(85)89)63(91)81-71(7,30-15-31-75-66(74)95)65(94)76-49-23-21-47(22-24-49)37-97-68(96)83(8)34-35-98-73-40-69(5)38-70(73,6)41-72(39-69,42-73)43-86-46(4)59(45(3)82-86)51-25-26-55(78-61(51)64(92)93)84-33-29-48-16-14-17-50(52(48)36-84)62(90)80-67-77-53-18-11-12-19-54(53)99-67/h11-12,14,16-19,21-28,44-45,60,82H,9-10,13,15,20,29-43H2,1-8H3,(H,76,94)(H,79,87)(H,81,91)(H,92,93)(H3,74,75,95)(H,77,80,90)/t45?,60-,69?,70?,71?,72?,73?/m0/s1. The van der Waals surface area contributed by atoms with Crippen molar-refractivity contribution in [1.82, 2.24) is 46.2 Å². The number of fused-ring (bicyclic) bond motifs is 2. The molecule has 99 heavy (non-hydrogen) atoms. The zero-order chi connectivity index (χ0) is 70.8. The molecule has 6 unspecified atom stereocenters. The van der Waals surface area contributed by atoms with Crippen LogP contribution in [0.15, 0.2) is 96.7 Å². The smallest absolute Gasteiger partial charge is 0.409 e. The van der Waals surface area contributed by atoms with Crippen LogP contribution in [0.25, 0.3) is 15.8 Å². The summed E-state index contributed by atoms with van der Waals surface area (Å²) in [4.78, 5) is 131. The molecule has 26 heteroatoms. The van der Waals surface area contributed by atoms with E-state index in [1.165, 1.54) is 28.4 Å². The van der Waals surface area contributed by atoms with Crippen LogP contribution < -0.4 is 42.6 Å². The number of aromatic nitrogens is 2. The average molecular weight is 1370 g/mol. The van der Waals surface area contributed by atoms with Gasteiger partial charge in [0.2, 0.25) is 17.7 Å². The number of anilines is 3. The van der Waals surface area contributed by atoms with Crippen LogP contribution in [-0.2, 0) is 53.0 Å². The van der Waals surface area contributed by atoms with E-state index in [1.54, 1.807) is 52.1 Å². The zero-order valence-corrected chi connectivity index (χ0v) is 58.5. The lowest BCUT2D eigenvalue weighted by atomic mass is 9.60. The van der Waals surface area contributed by atoms with E-state index in [9.17, 15) is 48.3 Å². The normalized spacial score (nSPS) is 23.0. The number of aromatic carboxylic acids is 1. The van der Waals surface area contributed by atoms with E-state index in [-0.39, 0.29) is 96.5 Å². The molecule has 4 aliphatic carbocycles. The molecule has 7 atom stereocenters. The van der Waals surface area contributed by atoms with Crippen molar-refractivity contribution in [3.05, 3.63) is 130 Å². The third-order valence-corrected chi connectivity index (χ3v) is 21.8. The number of unbranched alkanes of at least 4 members (excludes halogenated alkanes) is 2. The Hall–Kier alpha value is -9.27. The molecule has 9 amide bonds. The highest BCUT2D eigenvalue weighted by Gasteiger charge is 2.74. The number of allylic oxidation sites excluding steroid dienone is 1. The lowest BCUT2D eigenvalue weighted by Gasteiger charge is -2.48. The number of para-hydroxylation sites is 1. The third-order valence-electron chi connectivity index (χ3n) is 20.9. The highest BCUT2D eigenvalue weighted by molar-refractivity contribution is 7.22. The van der Waals surface area contributed by atoms with Crippen LogP contribution in [0.4, 0.5) is 26.2 Å². The molecule has 9 N–H and O–H groups in total. The van der Waals surface area contributed by atoms with Gasteiger partial charge in [0, 0.05) is 93.0 Å². The Balaban J connectivity index is 0.666. The van der Waals surface area contributed by atoms with Gasteiger partial charge in [0.05, 0.1) is 28.5 Å². The Morgan fingerprint density at radius 2 is 1.65 bits per heavy atom. The molecule has 7 aliphatic rings. The van der Waals surface area contributed by atoms with Gasteiger partial charge in [0.1, 0.15) is 24.0 Å². The van der Waals surface area contributed by atoms with Gasteiger partial charge in [-0.15, -0.1) is 0 Å². The second-order valence-corrected chi connectivity index (χ2v) is 30.1. The van der Waals surface area contributed by atoms with Crippen LogP contribution >= 0.6 is 11.3 Å². The molecule has 2 aromatic heterocycles. The van der Waals surface area contributed by atoms with Crippen molar-refractivity contribution in [2.75, 3.05) is 61.9 Å². The monoisotopic (exact) mass is 1370 g/mol. The fraction of sp³-hybridized carbons (Fsp3) is 0.493. The largest absolute Gasteiger partial charge is 0.476 e. The third kappa shape index (κ3) is 15.5. The van der Waals surface area contributed by atoms with E-state index in [2.05, 4.69) is 69.7 Å². The number of imide groups is 1. The quantitative estimate of drug-likeness (QED) is 0.0163. The van der Waals surface area contributed by atoms with Crippen LogP contribution in [0, 0.1) is 22.2 Å². The Morgan fingerprint density at radius 3 is 2.37 bits per heavy atom. The molecule has 3 aromatic carbocycles. The number of carboxylic acids is 1. The number of hydrogen-bond donors (Lipinski definition) is 8. The van der Waals surface area contributed by atoms with E-state index in [1.807, 2.05) is 59.5 Å². The van der Waals surface area contributed by atoms with Gasteiger partial charge in [-0.1, -0.05) is 81.9 Å². The number of hydrazine groups is 1. The average Bonchev–Trinajstić information content (AvgIpc) is 1.50. The van der Waals surface area contributed by atoms with Crippen LogP contribution in [0.2, 0.25) is 0 Å². The zero-order valence-electron chi connectivity index (χ0n) is 57.6. The Kier molecular flexibility index (Phi) is 20.7. The Bertz CT molecular complexity index is 4010. The van der Waals surface area contributed by atoms with Crippen molar-refractivity contribution < 1.29 is 57.7 Å². The van der Waals surface area contributed by atoms with Gasteiger partial charge < -0.3 is 56.4 Å². The molecule has 25 nitrogen and oxygen atoms in total. The molecular formula is C73H91N13O12S. The predicted molar refractivity (Wildman–Crippen MR) is 375 cm³/mol. The van der Waals surface area contributed by atoms with Crippen LogP contribution in [0.3, 0.4) is 0 Å². The molecule has 0 radical (unpaired) electrons. The number of nitrogens with zero attached hydrogens (tertiary/aromatic N) is 6. The van der Waals surface area contributed by atoms with Gasteiger partial charge in [0.25, 0.3) is 17.7 Å². The minimum atomic E-state index is -1.51. The lowest BCUT2D eigenvalue weighted by Crippen LogP contribution is -2.60. The summed E-state index contributed by atoms with van der Waals surface area (Å²) in [5, 5.41) is 27.6. The minimum absolute atomic E-state index is 0.0320. The number of amides is 9. The number of benzene rings is 3. The van der Waals surface area contributed by atoms with E-state index < -0.39 is 47.1 Å². The van der Waals surface area contributed by atoms with Crippen molar-refractivity contribution >= 4 is 97.3 Å². The number of carbonyl (C=O) groups is 9. The second-order valence-electron chi connectivity index (χ2n) is 29.1. The van der Waals surface area contributed by atoms with E-state index in [0.717, 1.165) is 69.6 Å². The van der Waals surface area contributed by atoms with Crippen molar-refractivity contribution in [1.29, 1.82) is 0 Å². The highest BCUT2D eigenvalue weighted by Crippen LogP contribution is 2.77. The number of carbonyl (C=O) groups excluding carboxylic acids is 8. The van der Waals surface area contributed by atoms with Crippen LogP contribution in [0.1, 0.15) is 162 Å². The SMILES string of the molecule is CC1=C(c2ccc(N3CCc4cccc(C(=O)Nc5nc6ccccc6s5)c4C3)nc2C(=O)O)C(C)NN1CC12CC3(C)CC(C)(C1)C(OCCN(C)C(=O)OCc1ccc(NC(=O)C(C)(CCCNC(N)=O)NC(=O)[C@@H](NC(=O)CCCCCN4C(=O)C=CC4=O)C(C)C)cc1)(C3)C2. The summed E-state index contributed by atoms with van der Waals surface area (Å²) in [6.45, 7) is 16.5. The number of carboxylic acid groups (broad SMARTS) is 1. The van der Waals surface area contributed by atoms with Crippen molar-refractivity contribution in [2.45, 2.75) is 162 Å². The topological polar surface area (TPSA) is 329 Å². The van der Waals surface area contributed by atoms with Gasteiger partial charge in [-0.2, -0.15) is 0 Å². The molecule has 0 spiro atoms. The van der Waals surface area contributed by atoms with Gasteiger partial charge in [-0.25, -0.2) is 29.8 Å². The van der Waals surface area contributed by atoms with E-state index in [0.29, 0.717) is 91.8 Å². The summed E-state index contributed by atoms with van der Waals surface area (Å²) < 4.78 is 13.8.